The van der Waals surface area contributed by atoms with Gasteiger partial charge in [0.25, 0.3) is 0 Å². The van der Waals surface area contributed by atoms with Crippen LogP contribution in [0.2, 0.25) is 0 Å². The van der Waals surface area contributed by atoms with Gasteiger partial charge in [-0.05, 0) is 37.0 Å². The largest absolute Gasteiger partial charge is 0.361 e. The molecule has 8 nitrogen and oxygen atoms in total. The molecule has 1 aromatic carbocycles. The number of amides is 1. The Morgan fingerprint density at radius 2 is 2.03 bits per heavy atom. The topological polar surface area (TPSA) is 115 Å². The van der Waals surface area contributed by atoms with Crippen LogP contribution in [0.4, 0.5) is 0 Å². The van der Waals surface area contributed by atoms with Crippen molar-refractivity contribution in [3.8, 4) is 0 Å². The maximum absolute atomic E-state index is 12.0. The predicted octanol–water partition coefficient (Wildman–Crippen LogP) is 1.50. The van der Waals surface area contributed by atoms with Crippen LogP contribution in [-0.2, 0) is 21.1 Å². The summed E-state index contributed by atoms with van der Waals surface area (Å²) in [5.41, 5.74) is 3.62. The van der Waals surface area contributed by atoms with E-state index in [0.29, 0.717) is 25.5 Å². The molecule has 1 aliphatic rings. The molecule has 2 heterocycles. The molecule has 1 amide bonds. The third-order valence-electron chi connectivity index (χ3n) is 5.08. The number of fused-ring (bicyclic) bond motifs is 1. The number of aliphatic imine (C=N–C) groups is 1. The van der Waals surface area contributed by atoms with Crippen molar-refractivity contribution < 1.29 is 13.2 Å². The van der Waals surface area contributed by atoms with E-state index in [-0.39, 0.29) is 53.9 Å². The second kappa shape index (κ2) is 11.0. The fourth-order valence-corrected chi connectivity index (χ4v) is 5.22. The second-order valence-corrected chi connectivity index (χ2v) is 9.68. The van der Waals surface area contributed by atoms with Crippen LogP contribution in [0.25, 0.3) is 10.9 Å². The lowest BCUT2D eigenvalue weighted by atomic mass is 10.1. The Labute approximate surface area is 194 Å². The molecule has 10 heteroatoms. The highest BCUT2D eigenvalue weighted by atomic mass is 127. The van der Waals surface area contributed by atoms with E-state index in [4.69, 9.17) is 0 Å². The average molecular weight is 547 g/mol. The van der Waals surface area contributed by atoms with Crippen LogP contribution in [-0.4, -0.2) is 63.0 Å². The van der Waals surface area contributed by atoms with Crippen molar-refractivity contribution in [1.82, 2.24) is 20.9 Å². The molecule has 1 saturated heterocycles. The van der Waals surface area contributed by atoms with Crippen molar-refractivity contribution in [3.05, 3.63) is 35.5 Å². The molecule has 3 rings (SSSR count). The number of halogens is 1. The molecular weight excluding hydrogens is 517 g/mol. The van der Waals surface area contributed by atoms with Crippen LogP contribution in [0.1, 0.15) is 24.0 Å². The molecule has 0 aliphatic carbocycles. The smallest absolute Gasteiger partial charge is 0.222 e. The maximum atomic E-state index is 12.0. The number of aromatic amines is 1. The minimum Gasteiger partial charge on any atom is -0.361 e. The van der Waals surface area contributed by atoms with E-state index in [1.165, 1.54) is 16.5 Å². The number of guanidine groups is 1. The minimum atomic E-state index is -2.99. The van der Waals surface area contributed by atoms with Gasteiger partial charge in [0.2, 0.25) is 5.91 Å². The average Bonchev–Trinajstić information content (AvgIpc) is 3.22. The van der Waals surface area contributed by atoms with Crippen molar-refractivity contribution in [2.24, 2.45) is 4.99 Å². The molecular formula is C20H30IN5O3S. The Hall–Kier alpha value is -1.82. The molecule has 1 aromatic heterocycles. The highest BCUT2D eigenvalue weighted by Crippen LogP contribution is 2.19. The van der Waals surface area contributed by atoms with Crippen LogP contribution < -0.4 is 16.0 Å². The van der Waals surface area contributed by atoms with Crippen molar-refractivity contribution in [2.75, 3.05) is 31.6 Å². The van der Waals surface area contributed by atoms with Crippen LogP contribution >= 0.6 is 24.0 Å². The quantitative estimate of drug-likeness (QED) is 0.238. The third kappa shape index (κ3) is 6.86. The fraction of sp³-hybridized carbons (Fsp3) is 0.500. The van der Waals surface area contributed by atoms with Crippen LogP contribution in [0, 0.1) is 6.92 Å². The normalized spacial score (nSPS) is 18.1. The third-order valence-corrected chi connectivity index (χ3v) is 6.84. The van der Waals surface area contributed by atoms with Crippen molar-refractivity contribution in [3.63, 3.8) is 0 Å². The van der Waals surface area contributed by atoms with Crippen LogP contribution in [0.5, 0.6) is 0 Å². The number of sulfone groups is 1. The number of nitrogens with zero attached hydrogens (tertiary/aromatic N) is 1. The van der Waals surface area contributed by atoms with Gasteiger partial charge in [-0.1, -0.05) is 12.1 Å². The molecule has 0 radical (unpaired) electrons. The summed E-state index contributed by atoms with van der Waals surface area (Å²) in [5, 5.41) is 10.4. The number of aryl methyl sites for hydroxylation is 1. The Bertz CT molecular complexity index is 1000. The van der Waals surface area contributed by atoms with Gasteiger partial charge in [0.15, 0.2) is 15.8 Å². The number of rotatable bonds is 7. The molecule has 0 saturated carbocycles. The SMILES string of the molecule is CN=C(NCCC(=O)NC1CCS(=O)(=O)C1)NCCc1c[nH]c2cc(C)ccc12.I. The summed E-state index contributed by atoms with van der Waals surface area (Å²) < 4.78 is 22.9. The summed E-state index contributed by atoms with van der Waals surface area (Å²) in [6.07, 6.45) is 3.65. The molecule has 1 atom stereocenters. The summed E-state index contributed by atoms with van der Waals surface area (Å²) in [7, 11) is -1.30. The molecule has 0 spiro atoms. The van der Waals surface area contributed by atoms with E-state index in [9.17, 15) is 13.2 Å². The minimum absolute atomic E-state index is 0. The number of hydrogen-bond donors (Lipinski definition) is 4. The zero-order valence-corrected chi connectivity index (χ0v) is 20.5. The zero-order valence-electron chi connectivity index (χ0n) is 17.3. The molecule has 1 aliphatic heterocycles. The number of nitrogens with one attached hydrogen (secondary N) is 4. The molecule has 4 N–H and O–H groups in total. The first kappa shape index (κ1) is 24.4. The Kier molecular flexibility index (Phi) is 8.95. The molecule has 166 valence electrons. The van der Waals surface area contributed by atoms with E-state index in [0.717, 1.165) is 11.9 Å². The Morgan fingerprint density at radius 3 is 2.73 bits per heavy atom. The van der Waals surface area contributed by atoms with Gasteiger partial charge in [-0.25, -0.2) is 8.42 Å². The number of aromatic nitrogens is 1. The molecule has 1 unspecified atom stereocenters. The molecule has 0 bridgehead atoms. The molecule has 1 fully saturated rings. The molecule has 30 heavy (non-hydrogen) atoms. The van der Waals surface area contributed by atoms with Crippen LogP contribution in [0.3, 0.4) is 0 Å². The highest BCUT2D eigenvalue weighted by Gasteiger charge is 2.28. The second-order valence-electron chi connectivity index (χ2n) is 7.46. The molecule has 2 aromatic rings. The number of benzene rings is 1. The number of H-pyrrole nitrogens is 1. The first-order chi connectivity index (χ1) is 13.9. The number of hydrogen-bond acceptors (Lipinski definition) is 4. The van der Waals surface area contributed by atoms with E-state index in [2.05, 4.69) is 51.0 Å². The van der Waals surface area contributed by atoms with Crippen molar-refractivity contribution >= 4 is 56.6 Å². The van der Waals surface area contributed by atoms with Crippen LogP contribution in [0.15, 0.2) is 29.4 Å². The standard InChI is InChI=1S/C20H29N5O3S.HI/c1-14-3-4-17-15(12-24-18(17)11-14)5-8-22-20(21-2)23-9-6-19(26)25-16-7-10-29(27,28)13-16;/h3-4,11-12,16,24H,5-10,13H2,1-2H3,(H,25,26)(H2,21,22,23);1H. The number of carbonyl (C=O) groups excluding carboxylic acids is 1. The van der Waals surface area contributed by atoms with E-state index in [1.54, 1.807) is 7.05 Å². The Balaban J connectivity index is 0.00000320. The van der Waals surface area contributed by atoms with Gasteiger partial charge in [-0.3, -0.25) is 9.79 Å². The van der Waals surface area contributed by atoms with E-state index in [1.807, 2.05) is 6.20 Å². The van der Waals surface area contributed by atoms with Crippen molar-refractivity contribution in [1.29, 1.82) is 0 Å². The summed E-state index contributed by atoms with van der Waals surface area (Å²) >= 11 is 0. The van der Waals surface area contributed by atoms with Gasteiger partial charge in [-0.15, -0.1) is 24.0 Å². The monoisotopic (exact) mass is 547 g/mol. The predicted molar refractivity (Wildman–Crippen MR) is 131 cm³/mol. The first-order valence-electron chi connectivity index (χ1n) is 9.87. The van der Waals surface area contributed by atoms with Crippen molar-refractivity contribution in [2.45, 2.75) is 32.2 Å². The summed E-state index contributed by atoms with van der Waals surface area (Å²) in [6, 6.07) is 6.13. The van der Waals surface area contributed by atoms with E-state index < -0.39 is 9.84 Å². The van der Waals surface area contributed by atoms with Gasteiger partial charge in [0, 0.05) is 49.7 Å². The van der Waals surface area contributed by atoms with Gasteiger partial charge >= 0.3 is 0 Å². The maximum Gasteiger partial charge on any atom is 0.222 e. The lowest BCUT2D eigenvalue weighted by Crippen LogP contribution is -2.41. The summed E-state index contributed by atoms with van der Waals surface area (Å²) in [6.45, 7) is 3.22. The highest BCUT2D eigenvalue weighted by molar-refractivity contribution is 14.0. The summed E-state index contributed by atoms with van der Waals surface area (Å²) in [4.78, 5) is 19.5. The van der Waals surface area contributed by atoms with Gasteiger partial charge in [0.1, 0.15) is 0 Å². The Morgan fingerprint density at radius 1 is 1.27 bits per heavy atom. The fourth-order valence-electron chi connectivity index (χ4n) is 3.55. The summed E-state index contributed by atoms with van der Waals surface area (Å²) in [5.74, 6) is 0.687. The van der Waals surface area contributed by atoms with Gasteiger partial charge in [0.05, 0.1) is 11.5 Å². The van der Waals surface area contributed by atoms with Gasteiger partial charge in [-0.2, -0.15) is 0 Å². The zero-order chi connectivity index (χ0) is 20.9. The lowest BCUT2D eigenvalue weighted by Gasteiger charge is -2.13. The van der Waals surface area contributed by atoms with E-state index >= 15 is 0 Å². The van der Waals surface area contributed by atoms with Gasteiger partial charge < -0.3 is 20.9 Å². The lowest BCUT2D eigenvalue weighted by molar-refractivity contribution is -0.121. The first-order valence-corrected chi connectivity index (χ1v) is 11.7. The number of carbonyl (C=O) groups is 1.